The van der Waals surface area contributed by atoms with Gasteiger partial charge in [-0.1, -0.05) is 24.3 Å². The number of likely N-dealkylation sites (tertiary alicyclic amines) is 1. The molecule has 1 saturated heterocycles. The summed E-state index contributed by atoms with van der Waals surface area (Å²) in [4.78, 5) is 16.7. The molecule has 1 aliphatic heterocycles. The minimum atomic E-state index is 0.128. The second kappa shape index (κ2) is 10.6. The highest BCUT2D eigenvalue weighted by Gasteiger charge is 2.23. The summed E-state index contributed by atoms with van der Waals surface area (Å²) in [7, 11) is 5.57. The van der Waals surface area contributed by atoms with E-state index in [0.29, 0.717) is 6.04 Å². The summed E-state index contributed by atoms with van der Waals surface area (Å²) in [6.45, 7) is 5.72. The zero-order chi connectivity index (χ0) is 21.5. The van der Waals surface area contributed by atoms with Crippen LogP contribution in [0.4, 0.5) is 0 Å². The summed E-state index contributed by atoms with van der Waals surface area (Å²) < 4.78 is 10.8. The average molecular weight is 411 g/mol. The number of carbonyl (C=O) groups excluding carboxylic acids is 1. The van der Waals surface area contributed by atoms with Gasteiger partial charge in [-0.25, -0.2) is 0 Å². The molecule has 0 spiro atoms. The van der Waals surface area contributed by atoms with Gasteiger partial charge in [0, 0.05) is 31.2 Å². The predicted octanol–water partition coefficient (Wildman–Crippen LogP) is 4.05. The Morgan fingerprint density at radius 1 is 1.10 bits per heavy atom. The monoisotopic (exact) mass is 410 g/mol. The number of rotatable bonds is 9. The molecule has 0 N–H and O–H groups in total. The van der Waals surface area contributed by atoms with Crippen LogP contribution in [0.2, 0.25) is 0 Å². The first-order valence-electron chi connectivity index (χ1n) is 10.7. The fourth-order valence-electron chi connectivity index (χ4n) is 4.21. The van der Waals surface area contributed by atoms with Crippen molar-refractivity contribution >= 4 is 5.78 Å². The Morgan fingerprint density at radius 2 is 1.90 bits per heavy atom. The predicted molar refractivity (Wildman–Crippen MR) is 121 cm³/mol. The maximum Gasteiger partial charge on any atom is 0.160 e. The van der Waals surface area contributed by atoms with Crippen molar-refractivity contribution < 1.29 is 14.3 Å². The molecule has 0 unspecified atom stereocenters. The van der Waals surface area contributed by atoms with Crippen molar-refractivity contribution in [3.8, 4) is 11.5 Å². The largest absolute Gasteiger partial charge is 0.493 e. The van der Waals surface area contributed by atoms with Gasteiger partial charge in [0.25, 0.3) is 0 Å². The summed E-state index contributed by atoms with van der Waals surface area (Å²) in [6, 6.07) is 14.8. The van der Waals surface area contributed by atoms with Gasteiger partial charge in [0.15, 0.2) is 17.3 Å². The molecule has 1 heterocycles. The van der Waals surface area contributed by atoms with Crippen LogP contribution in [0.25, 0.3) is 0 Å². The highest BCUT2D eigenvalue weighted by molar-refractivity contribution is 5.94. The Bertz CT molecular complexity index is 852. The second-order valence-electron chi connectivity index (χ2n) is 8.21. The van der Waals surface area contributed by atoms with Gasteiger partial charge in [-0.3, -0.25) is 9.69 Å². The van der Waals surface area contributed by atoms with Crippen molar-refractivity contribution in [1.82, 2.24) is 9.80 Å². The lowest BCUT2D eigenvalue weighted by atomic mass is 10.0. The Morgan fingerprint density at radius 3 is 2.63 bits per heavy atom. The first kappa shape index (κ1) is 22.3. The van der Waals surface area contributed by atoms with Gasteiger partial charge < -0.3 is 14.4 Å². The minimum Gasteiger partial charge on any atom is -0.493 e. The molecule has 2 aromatic rings. The molecule has 0 amide bonds. The van der Waals surface area contributed by atoms with Crippen LogP contribution in [0.1, 0.15) is 41.3 Å². The normalized spacial score (nSPS) is 17.2. The summed E-state index contributed by atoms with van der Waals surface area (Å²) in [5.74, 6) is 1.68. The lowest BCUT2D eigenvalue weighted by molar-refractivity contribution is 0.101. The number of carbonyl (C=O) groups is 1. The van der Waals surface area contributed by atoms with Gasteiger partial charge in [-0.15, -0.1) is 0 Å². The van der Waals surface area contributed by atoms with E-state index in [1.807, 2.05) is 24.3 Å². The van der Waals surface area contributed by atoms with Gasteiger partial charge in [0.05, 0.1) is 14.2 Å². The number of ketones is 1. The Hall–Kier alpha value is -2.37. The third-order valence-corrected chi connectivity index (χ3v) is 6.04. The number of nitrogens with zero attached hydrogens (tertiary/aromatic N) is 2. The molecule has 2 aromatic carbocycles. The van der Waals surface area contributed by atoms with Crippen molar-refractivity contribution in [2.75, 3.05) is 40.9 Å². The van der Waals surface area contributed by atoms with Gasteiger partial charge >= 0.3 is 0 Å². The van der Waals surface area contributed by atoms with Crippen LogP contribution in [-0.4, -0.2) is 62.5 Å². The SMILES string of the molecule is COc1ccc(CCN(C)[C@H]2CCCN(Cc3cccc(C(C)=O)c3)C2)cc1OC. The van der Waals surface area contributed by atoms with E-state index in [1.165, 1.54) is 24.0 Å². The van der Waals surface area contributed by atoms with Crippen LogP contribution in [0.5, 0.6) is 11.5 Å². The molecule has 162 valence electrons. The van der Waals surface area contributed by atoms with Crippen molar-refractivity contribution in [3.05, 3.63) is 59.2 Å². The third-order valence-electron chi connectivity index (χ3n) is 6.04. The maximum absolute atomic E-state index is 11.7. The summed E-state index contributed by atoms with van der Waals surface area (Å²) in [5, 5.41) is 0. The first-order chi connectivity index (χ1) is 14.5. The first-order valence-corrected chi connectivity index (χ1v) is 10.7. The van der Waals surface area contributed by atoms with Crippen LogP contribution in [0.3, 0.4) is 0 Å². The van der Waals surface area contributed by atoms with Gasteiger partial charge in [-0.2, -0.15) is 0 Å². The number of hydrogen-bond acceptors (Lipinski definition) is 5. The average Bonchev–Trinajstić information content (AvgIpc) is 2.77. The molecular formula is C25H34N2O3. The quantitative estimate of drug-likeness (QED) is 0.584. The highest BCUT2D eigenvalue weighted by Crippen LogP contribution is 2.28. The molecule has 5 heteroatoms. The van der Waals surface area contributed by atoms with Crippen molar-refractivity contribution in [2.24, 2.45) is 0 Å². The van der Waals surface area contributed by atoms with Crippen molar-refractivity contribution in [1.29, 1.82) is 0 Å². The zero-order valence-corrected chi connectivity index (χ0v) is 18.7. The molecule has 5 nitrogen and oxygen atoms in total. The maximum atomic E-state index is 11.7. The van der Waals surface area contributed by atoms with Crippen LogP contribution in [0, 0.1) is 0 Å². The van der Waals surface area contributed by atoms with Crippen LogP contribution < -0.4 is 9.47 Å². The third kappa shape index (κ3) is 5.83. The molecule has 0 aliphatic carbocycles. The van der Waals surface area contributed by atoms with E-state index in [1.54, 1.807) is 21.1 Å². The second-order valence-corrected chi connectivity index (χ2v) is 8.21. The number of Topliss-reactive ketones (excluding diaryl/α,β-unsaturated/α-hetero) is 1. The Labute approximate surface area is 180 Å². The smallest absolute Gasteiger partial charge is 0.160 e. The standard InChI is InChI=1S/C25H34N2O3/c1-19(28)22-8-5-7-21(15-22)17-27-13-6-9-23(18-27)26(2)14-12-20-10-11-24(29-3)25(16-20)30-4/h5,7-8,10-11,15-16,23H,6,9,12-14,17-18H2,1-4H3/t23-/m0/s1. The lowest BCUT2D eigenvalue weighted by Crippen LogP contribution is -2.46. The molecule has 0 bridgehead atoms. The topological polar surface area (TPSA) is 42.0 Å². The highest BCUT2D eigenvalue weighted by atomic mass is 16.5. The number of piperidine rings is 1. The van der Waals surface area contributed by atoms with Crippen LogP contribution in [-0.2, 0) is 13.0 Å². The number of benzene rings is 2. The molecule has 0 aromatic heterocycles. The van der Waals surface area contributed by atoms with Crippen molar-refractivity contribution in [2.45, 2.75) is 38.8 Å². The van der Waals surface area contributed by atoms with E-state index >= 15 is 0 Å². The lowest BCUT2D eigenvalue weighted by Gasteiger charge is -2.37. The van der Waals surface area contributed by atoms with E-state index in [9.17, 15) is 4.79 Å². The van der Waals surface area contributed by atoms with E-state index in [-0.39, 0.29) is 5.78 Å². The summed E-state index contributed by atoms with van der Waals surface area (Å²) in [6.07, 6.45) is 3.41. The molecular weight excluding hydrogens is 376 g/mol. The summed E-state index contributed by atoms with van der Waals surface area (Å²) in [5.41, 5.74) is 3.28. The minimum absolute atomic E-state index is 0.128. The summed E-state index contributed by atoms with van der Waals surface area (Å²) >= 11 is 0. The fourth-order valence-corrected chi connectivity index (χ4v) is 4.21. The molecule has 1 atom stereocenters. The van der Waals surface area contributed by atoms with Gasteiger partial charge in [-0.05, 0) is 69.1 Å². The number of ether oxygens (including phenoxy) is 2. The fraction of sp³-hybridized carbons (Fsp3) is 0.480. The number of hydrogen-bond donors (Lipinski definition) is 0. The van der Waals surface area contributed by atoms with Gasteiger partial charge in [0.1, 0.15) is 0 Å². The molecule has 0 saturated carbocycles. The molecule has 1 aliphatic rings. The van der Waals surface area contributed by atoms with Crippen LogP contribution in [0.15, 0.2) is 42.5 Å². The van der Waals surface area contributed by atoms with E-state index < -0.39 is 0 Å². The van der Waals surface area contributed by atoms with Crippen LogP contribution >= 0.6 is 0 Å². The van der Waals surface area contributed by atoms with E-state index in [4.69, 9.17) is 9.47 Å². The number of methoxy groups -OCH3 is 2. The van der Waals surface area contributed by atoms with E-state index in [2.05, 4.69) is 35.0 Å². The Balaban J connectivity index is 1.54. The molecule has 30 heavy (non-hydrogen) atoms. The molecule has 3 rings (SSSR count). The van der Waals surface area contributed by atoms with E-state index in [0.717, 1.165) is 49.7 Å². The van der Waals surface area contributed by atoms with Gasteiger partial charge in [0.2, 0.25) is 0 Å². The van der Waals surface area contributed by atoms with Crippen molar-refractivity contribution in [3.63, 3.8) is 0 Å². The zero-order valence-electron chi connectivity index (χ0n) is 18.7. The molecule has 1 fully saturated rings. The Kier molecular flexibility index (Phi) is 7.88. The number of likely N-dealkylation sites (N-methyl/N-ethyl adjacent to an activating group) is 1. The molecule has 0 radical (unpaired) electrons.